The number of nitrogens with one attached hydrogen (secondary N) is 1. The third-order valence-corrected chi connectivity index (χ3v) is 5.16. The Bertz CT molecular complexity index is 486. The fourth-order valence-corrected chi connectivity index (χ4v) is 3.63. The highest BCUT2D eigenvalue weighted by atomic mass is 35.5. The van der Waals surface area contributed by atoms with Crippen LogP contribution in [-0.2, 0) is 4.79 Å². The molecule has 0 aliphatic heterocycles. The molecule has 20 heavy (non-hydrogen) atoms. The van der Waals surface area contributed by atoms with Crippen LogP contribution in [0.1, 0.15) is 55.1 Å². The number of halogens is 1. The zero-order valence-electron chi connectivity index (χ0n) is 11.7. The standard InChI is InChI=1S/C15H20ClNO2S/c1-10-4-2-3-5-11(10)17-15(19)9-6-12(18)13-7-8-14(16)20-13/h7-8,10-11H,2-6,9H2,1H3,(H,17,19)/t10-,11+/m1/s1. The lowest BCUT2D eigenvalue weighted by Crippen LogP contribution is -2.41. The van der Waals surface area contributed by atoms with Gasteiger partial charge in [-0.2, -0.15) is 0 Å². The summed E-state index contributed by atoms with van der Waals surface area (Å²) >= 11 is 7.07. The van der Waals surface area contributed by atoms with Gasteiger partial charge in [-0.1, -0.05) is 31.4 Å². The third-order valence-electron chi connectivity index (χ3n) is 3.89. The van der Waals surface area contributed by atoms with E-state index in [-0.39, 0.29) is 30.6 Å². The van der Waals surface area contributed by atoms with Crippen LogP contribution in [0.4, 0.5) is 0 Å². The summed E-state index contributed by atoms with van der Waals surface area (Å²) in [5.74, 6) is 0.521. The van der Waals surface area contributed by atoms with Gasteiger partial charge in [-0.25, -0.2) is 0 Å². The minimum atomic E-state index is -0.0141. The molecule has 2 atom stereocenters. The van der Waals surface area contributed by atoms with Crippen molar-refractivity contribution in [3.05, 3.63) is 21.3 Å². The molecule has 1 N–H and O–H groups in total. The first kappa shape index (κ1) is 15.5. The van der Waals surface area contributed by atoms with Crippen molar-refractivity contribution >= 4 is 34.6 Å². The first-order valence-electron chi connectivity index (χ1n) is 7.14. The van der Waals surface area contributed by atoms with Crippen molar-refractivity contribution in [2.45, 2.75) is 51.5 Å². The van der Waals surface area contributed by atoms with Crippen LogP contribution in [-0.4, -0.2) is 17.7 Å². The average molecular weight is 314 g/mol. The van der Waals surface area contributed by atoms with Gasteiger partial charge in [-0.3, -0.25) is 9.59 Å². The number of ketones is 1. The van der Waals surface area contributed by atoms with E-state index < -0.39 is 0 Å². The lowest BCUT2D eigenvalue weighted by molar-refractivity contribution is -0.122. The summed E-state index contributed by atoms with van der Waals surface area (Å²) < 4.78 is 0.605. The van der Waals surface area contributed by atoms with Crippen molar-refractivity contribution in [2.24, 2.45) is 5.92 Å². The van der Waals surface area contributed by atoms with Gasteiger partial charge in [0.1, 0.15) is 0 Å². The summed E-state index contributed by atoms with van der Waals surface area (Å²) in [7, 11) is 0. The van der Waals surface area contributed by atoms with E-state index in [2.05, 4.69) is 12.2 Å². The van der Waals surface area contributed by atoms with Gasteiger partial charge < -0.3 is 5.32 Å². The molecule has 1 amide bonds. The Labute approximate surface area is 128 Å². The SMILES string of the molecule is C[C@@H]1CCCC[C@@H]1NC(=O)CCC(=O)c1ccc(Cl)s1. The third kappa shape index (κ3) is 4.32. The molecule has 0 unspecified atom stereocenters. The zero-order valence-corrected chi connectivity index (χ0v) is 13.2. The van der Waals surface area contributed by atoms with E-state index in [9.17, 15) is 9.59 Å². The molecule has 2 rings (SSSR count). The molecule has 0 bridgehead atoms. The second-order valence-corrected chi connectivity index (χ2v) is 7.18. The Morgan fingerprint density at radius 2 is 2.05 bits per heavy atom. The smallest absolute Gasteiger partial charge is 0.220 e. The van der Waals surface area contributed by atoms with Crippen LogP contribution in [0.5, 0.6) is 0 Å². The zero-order chi connectivity index (χ0) is 14.5. The van der Waals surface area contributed by atoms with E-state index in [1.54, 1.807) is 12.1 Å². The molecular formula is C15H20ClNO2S. The quantitative estimate of drug-likeness (QED) is 0.833. The van der Waals surface area contributed by atoms with E-state index in [1.165, 1.54) is 30.6 Å². The topological polar surface area (TPSA) is 46.2 Å². The van der Waals surface area contributed by atoms with Crippen LogP contribution in [0, 0.1) is 5.92 Å². The van der Waals surface area contributed by atoms with E-state index >= 15 is 0 Å². The summed E-state index contributed by atoms with van der Waals surface area (Å²) in [5, 5.41) is 3.07. The van der Waals surface area contributed by atoms with E-state index in [0.29, 0.717) is 15.1 Å². The van der Waals surface area contributed by atoms with Crippen LogP contribution >= 0.6 is 22.9 Å². The van der Waals surface area contributed by atoms with Crippen LogP contribution in [0.15, 0.2) is 12.1 Å². The van der Waals surface area contributed by atoms with Crippen molar-refractivity contribution in [1.29, 1.82) is 0 Å². The van der Waals surface area contributed by atoms with Gasteiger partial charge in [0, 0.05) is 18.9 Å². The van der Waals surface area contributed by atoms with Crippen molar-refractivity contribution in [1.82, 2.24) is 5.32 Å². The molecule has 1 heterocycles. The molecule has 1 aliphatic rings. The molecule has 1 aliphatic carbocycles. The number of Topliss-reactive ketones (excluding diaryl/α,β-unsaturated/α-hetero) is 1. The second kappa shape index (κ2) is 7.23. The molecule has 0 spiro atoms. The lowest BCUT2D eigenvalue weighted by Gasteiger charge is -2.29. The fourth-order valence-electron chi connectivity index (χ4n) is 2.62. The van der Waals surface area contributed by atoms with Crippen molar-refractivity contribution < 1.29 is 9.59 Å². The van der Waals surface area contributed by atoms with Gasteiger partial charge in [0.05, 0.1) is 9.21 Å². The van der Waals surface area contributed by atoms with E-state index in [0.717, 1.165) is 6.42 Å². The molecule has 5 heteroatoms. The van der Waals surface area contributed by atoms with Crippen LogP contribution in [0.25, 0.3) is 0 Å². The van der Waals surface area contributed by atoms with Gasteiger partial charge in [0.15, 0.2) is 5.78 Å². The van der Waals surface area contributed by atoms with Gasteiger partial charge in [0.2, 0.25) is 5.91 Å². The van der Waals surface area contributed by atoms with Gasteiger partial charge in [-0.05, 0) is 30.9 Å². The molecule has 0 radical (unpaired) electrons. The minimum Gasteiger partial charge on any atom is -0.353 e. The van der Waals surface area contributed by atoms with Crippen molar-refractivity contribution in [3.63, 3.8) is 0 Å². The van der Waals surface area contributed by atoms with E-state index in [1.807, 2.05) is 0 Å². The Morgan fingerprint density at radius 1 is 1.30 bits per heavy atom. The first-order chi connectivity index (χ1) is 9.56. The minimum absolute atomic E-state index is 0.00579. The van der Waals surface area contributed by atoms with Crippen LogP contribution in [0.2, 0.25) is 4.34 Å². The second-order valence-electron chi connectivity index (χ2n) is 5.46. The average Bonchev–Trinajstić information content (AvgIpc) is 2.85. The maximum Gasteiger partial charge on any atom is 0.220 e. The summed E-state index contributed by atoms with van der Waals surface area (Å²) in [6.07, 6.45) is 5.19. The lowest BCUT2D eigenvalue weighted by atomic mass is 9.86. The van der Waals surface area contributed by atoms with Crippen LogP contribution < -0.4 is 5.32 Å². The highest BCUT2D eigenvalue weighted by Gasteiger charge is 2.23. The highest BCUT2D eigenvalue weighted by Crippen LogP contribution is 2.24. The molecule has 110 valence electrons. The Kier molecular flexibility index (Phi) is 5.61. The van der Waals surface area contributed by atoms with Gasteiger partial charge in [0.25, 0.3) is 0 Å². The Morgan fingerprint density at radius 3 is 2.70 bits per heavy atom. The predicted octanol–water partition coefficient (Wildman–Crippen LogP) is 4.06. The monoisotopic (exact) mass is 313 g/mol. The number of hydrogen-bond donors (Lipinski definition) is 1. The molecular weight excluding hydrogens is 294 g/mol. The summed E-state index contributed by atoms with van der Waals surface area (Å²) in [6.45, 7) is 2.18. The molecule has 0 aromatic carbocycles. The number of carbonyl (C=O) groups is 2. The number of hydrogen-bond acceptors (Lipinski definition) is 3. The highest BCUT2D eigenvalue weighted by molar-refractivity contribution is 7.18. The maximum absolute atomic E-state index is 11.9. The number of carbonyl (C=O) groups excluding carboxylic acids is 2. The van der Waals surface area contributed by atoms with Gasteiger partial charge in [-0.15, -0.1) is 11.3 Å². The normalized spacial score (nSPS) is 22.5. The summed E-state index contributed by atoms with van der Waals surface area (Å²) in [6, 6.07) is 3.71. The Hall–Kier alpha value is -0.870. The molecule has 3 nitrogen and oxygen atoms in total. The van der Waals surface area contributed by atoms with E-state index in [4.69, 9.17) is 11.6 Å². The summed E-state index contributed by atoms with van der Waals surface area (Å²) in [5.41, 5.74) is 0. The number of rotatable bonds is 5. The molecule has 1 aromatic rings. The molecule has 0 saturated heterocycles. The van der Waals surface area contributed by atoms with Gasteiger partial charge >= 0.3 is 0 Å². The largest absolute Gasteiger partial charge is 0.353 e. The maximum atomic E-state index is 11.9. The van der Waals surface area contributed by atoms with Crippen LogP contribution in [0.3, 0.4) is 0 Å². The number of amides is 1. The first-order valence-corrected chi connectivity index (χ1v) is 8.33. The fraction of sp³-hybridized carbons (Fsp3) is 0.600. The Balaban J connectivity index is 1.76. The number of thiophene rings is 1. The molecule has 1 fully saturated rings. The van der Waals surface area contributed by atoms with Crippen molar-refractivity contribution in [3.8, 4) is 0 Å². The molecule has 1 saturated carbocycles. The summed E-state index contributed by atoms with van der Waals surface area (Å²) in [4.78, 5) is 24.4. The molecule has 1 aromatic heterocycles. The predicted molar refractivity (Wildman–Crippen MR) is 82.5 cm³/mol. The van der Waals surface area contributed by atoms with Crippen molar-refractivity contribution in [2.75, 3.05) is 0 Å².